The molecule has 2 heterocycles. The first kappa shape index (κ1) is 17.8. The van der Waals surface area contributed by atoms with Crippen LogP contribution in [0.2, 0.25) is 0 Å². The van der Waals surface area contributed by atoms with E-state index >= 15 is 0 Å². The number of aromatic nitrogens is 2. The van der Waals surface area contributed by atoms with E-state index in [1.807, 2.05) is 6.92 Å². The molecule has 0 aliphatic carbocycles. The summed E-state index contributed by atoms with van der Waals surface area (Å²) in [6.07, 6.45) is 2.76. The van der Waals surface area contributed by atoms with Gasteiger partial charge in [-0.15, -0.1) is 11.8 Å². The molecule has 1 amide bonds. The number of carbonyl (C=O) groups is 1. The normalized spacial score (nSPS) is 11.6. The first-order chi connectivity index (χ1) is 11.9. The third-order valence-corrected chi connectivity index (χ3v) is 6.15. The number of rotatable bonds is 5. The maximum Gasteiger partial charge on any atom is 0.257 e. The quantitative estimate of drug-likeness (QED) is 0.668. The minimum absolute atomic E-state index is 0.233. The maximum atomic E-state index is 12.4. The lowest BCUT2D eigenvalue weighted by Gasteiger charge is -2.03. The minimum Gasteiger partial charge on any atom is -0.298 e. The van der Waals surface area contributed by atoms with Gasteiger partial charge in [-0.1, -0.05) is 18.3 Å². The molecule has 0 saturated carbocycles. The Morgan fingerprint density at radius 3 is 2.80 bits per heavy atom. The summed E-state index contributed by atoms with van der Waals surface area (Å²) in [6, 6.07) is 8.10. The van der Waals surface area contributed by atoms with Gasteiger partial charge in [0.25, 0.3) is 5.91 Å². The lowest BCUT2D eigenvalue weighted by atomic mass is 10.2. The van der Waals surface area contributed by atoms with Crippen LogP contribution in [0.3, 0.4) is 0 Å². The monoisotopic (exact) mass is 393 g/mol. The number of anilines is 1. The van der Waals surface area contributed by atoms with E-state index in [0.717, 1.165) is 17.0 Å². The summed E-state index contributed by atoms with van der Waals surface area (Å²) in [4.78, 5) is 21.2. The van der Waals surface area contributed by atoms with Crippen LogP contribution >= 0.6 is 23.1 Å². The summed E-state index contributed by atoms with van der Waals surface area (Å²) in [5.74, 6) is 0.598. The molecular weight excluding hydrogens is 378 g/mol. The Morgan fingerprint density at radius 2 is 2.08 bits per heavy atom. The fourth-order valence-electron chi connectivity index (χ4n) is 2.14. The Labute approximate surface area is 153 Å². The predicted octanol–water partition coefficient (Wildman–Crippen LogP) is 3.46. The first-order valence-corrected chi connectivity index (χ1v) is 11.1. The van der Waals surface area contributed by atoms with Gasteiger partial charge in [-0.05, 0) is 36.1 Å². The van der Waals surface area contributed by atoms with Gasteiger partial charge in [0, 0.05) is 18.0 Å². The van der Waals surface area contributed by atoms with Crippen molar-refractivity contribution in [2.24, 2.45) is 0 Å². The maximum absolute atomic E-state index is 12.4. The first-order valence-electron chi connectivity index (χ1n) is 7.37. The third kappa shape index (κ3) is 4.17. The molecule has 0 aliphatic heterocycles. The van der Waals surface area contributed by atoms with Crippen LogP contribution in [0.1, 0.15) is 17.3 Å². The second-order valence-electron chi connectivity index (χ2n) is 5.19. The van der Waals surface area contributed by atoms with Gasteiger partial charge in [0.1, 0.15) is 0 Å². The van der Waals surface area contributed by atoms with Crippen LogP contribution in [0.15, 0.2) is 46.5 Å². The summed E-state index contributed by atoms with van der Waals surface area (Å²) < 4.78 is 24.0. The molecule has 0 aliphatic rings. The highest BCUT2D eigenvalue weighted by Gasteiger charge is 2.13. The van der Waals surface area contributed by atoms with Crippen LogP contribution in [0.5, 0.6) is 0 Å². The highest BCUT2D eigenvalue weighted by atomic mass is 32.2. The summed E-state index contributed by atoms with van der Waals surface area (Å²) >= 11 is 2.80. The number of hydrogen-bond acceptors (Lipinski definition) is 7. The number of thiazole rings is 1. The summed E-state index contributed by atoms with van der Waals surface area (Å²) in [5, 5.41) is 3.97. The highest BCUT2D eigenvalue weighted by Crippen LogP contribution is 2.28. The van der Waals surface area contributed by atoms with Crippen molar-refractivity contribution >= 4 is 54.2 Å². The molecule has 0 atom stereocenters. The molecule has 9 heteroatoms. The Morgan fingerprint density at radius 1 is 1.28 bits per heavy atom. The van der Waals surface area contributed by atoms with E-state index < -0.39 is 9.84 Å². The van der Waals surface area contributed by atoms with E-state index in [4.69, 9.17) is 0 Å². The van der Waals surface area contributed by atoms with Gasteiger partial charge in [-0.3, -0.25) is 10.1 Å². The number of fused-ring (bicyclic) bond motifs is 1. The number of hydrogen-bond donors (Lipinski definition) is 1. The van der Waals surface area contributed by atoms with E-state index in [-0.39, 0.29) is 10.8 Å². The van der Waals surface area contributed by atoms with Gasteiger partial charge in [-0.2, -0.15) is 0 Å². The second kappa shape index (κ2) is 7.11. The fraction of sp³-hybridized carbons (Fsp3) is 0.188. The molecule has 1 N–H and O–H groups in total. The highest BCUT2D eigenvalue weighted by molar-refractivity contribution is 7.99. The van der Waals surface area contributed by atoms with Gasteiger partial charge in [0.05, 0.1) is 20.1 Å². The number of nitrogens with zero attached hydrogens (tertiary/aromatic N) is 2. The van der Waals surface area contributed by atoms with Gasteiger partial charge in [-0.25, -0.2) is 18.4 Å². The molecular formula is C16H15N3O3S3. The zero-order valence-electron chi connectivity index (χ0n) is 13.5. The number of carbonyl (C=O) groups excluding carboxylic acids is 1. The number of nitrogens with one attached hydrogen (secondary N) is 1. The van der Waals surface area contributed by atoms with Crippen molar-refractivity contribution in [1.29, 1.82) is 0 Å². The topological polar surface area (TPSA) is 89.0 Å². The van der Waals surface area contributed by atoms with Gasteiger partial charge in [0.2, 0.25) is 0 Å². The van der Waals surface area contributed by atoms with Crippen LogP contribution in [-0.2, 0) is 9.84 Å². The van der Waals surface area contributed by atoms with E-state index in [1.165, 1.54) is 17.4 Å². The number of pyridine rings is 1. The van der Waals surface area contributed by atoms with E-state index in [9.17, 15) is 13.2 Å². The molecule has 3 aromatic rings. The summed E-state index contributed by atoms with van der Waals surface area (Å²) in [6.45, 7) is 2.02. The van der Waals surface area contributed by atoms with Crippen molar-refractivity contribution in [1.82, 2.24) is 9.97 Å². The van der Waals surface area contributed by atoms with Crippen molar-refractivity contribution in [3.8, 4) is 0 Å². The smallest absolute Gasteiger partial charge is 0.257 e. The summed E-state index contributed by atoms with van der Waals surface area (Å²) in [5.41, 5.74) is 1.15. The van der Waals surface area contributed by atoms with Crippen molar-refractivity contribution in [3.05, 3.63) is 42.1 Å². The van der Waals surface area contributed by atoms with Crippen molar-refractivity contribution in [3.63, 3.8) is 0 Å². The molecule has 2 aromatic heterocycles. The van der Waals surface area contributed by atoms with E-state index in [1.54, 1.807) is 42.2 Å². The number of amides is 1. The molecule has 3 rings (SSSR count). The molecule has 0 radical (unpaired) electrons. The number of benzene rings is 1. The Kier molecular flexibility index (Phi) is 5.07. The van der Waals surface area contributed by atoms with Crippen LogP contribution in [-0.4, -0.2) is 36.3 Å². The molecule has 0 saturated heterocycles. The zero-order chi connectivity index (χ0) is 18.0. The SMILES string of the molecule is CCSc1cc(C(=O)Nc2nc3ccc(S(C)(=O)=O)cc3s2)ccn1. The van der Waals surface area contributed by atoms with Crippen molar-refractivity contribution < 1.29 is 13.2 Å². The second-order valence-corrected chi connectivity index (χ2v) is 9.52. The summed E-state index contributed by atoms with van der Waals surface area (Å²) in [7, 11) is -3.28. The largest absolute Gasteiger partial charge is 0.298 e. The average molecular weight is 394 g/mol. The third-order valence-electron chi connectivity index (χ3n) is 3.30. The molecule has 0 spiro atoms. The van der Waals surface area contributed by atoms with Crippen LogP contribution < -0.4 is 5.32 Å². The molecule has 1 aromatic carbocycles. The molecule has 0 unspecified atom stereocenters. The Balaban J connectivity index is 1.85. The van der Waals surface area contributed by atoms with Gasteiger partial charge < -0.3 is 0 Å². The van der Waals surface area contributed by atoms with Gasteiger partial charge in [0.15, 0.2) is 15.0 Å². The molecule has 130 valence electrons. The number of sulfone groups is 1. The van der Waals surface area contributed by atoms with Gasteiger partial charge >= 0.3 is 0 Å². The zero-order valence-corrected chi connectivity index (χ0v) is 16.0. The minimum atomic E-state index is -3.28. The fourth-order valence-corrected chi connectivity index (χ4v) is 4.40. The molecule has 0 fully saturated rings. The van der Waals surface area contributed by atoms with E-state index in [2.05, 4.69) is 15.3 Å². The van der Waals surface area contributed by atoms with Crippen molar-refractivity contribution in [2.75, 3.05) is 17.3 Å². The van der Waals surface area contributed by atoms with Crippen LogP contribution in [0, 0.1) is 0 Å². The Hall–Kier alpha value is -1.97. The lowest BCUT2D eigenvalue weighted by molar-refractivity contribution is 0.102. The lowest BCUT2D eigenvalue weighted by Crippen LogP contribution is -2.11. The molecule has 6 nitrogen and oxygen atoms in total. The van der Waals surface area contributed by atoms with Crippen LogP contribution in [0.4, 0.5) is 5.13 Å². The average Bonchev–Trinajstić information content (AvgIpc) is 2.96. The van der Waals surface area contributed by atoms with Crippen molar-refractivity contribution in [2.45, 2.75) is 16.8 Å². The molecule has 0 bridgehead atoms. The van der Waals surface area contributed by atoms with E-state index in [0.29, 0.717) is 20.9 Å². The van der Waals surface area contributed by atoms with Crippen LogP contribution in [0.25, 0.3) is 10.2 Å². The molecule has 25 heavy (non-hydrogen) atoms. The predicted molar refractivity (Wildman–Crippen MR) is 101 cm³/mol. The Bertz CT molecular complexity index is 1040. The number of thioether (sulfide) groups is 1. The standard InChI is InChI=1S/C16H15N3O3S3/c1-3-23-14-8-10(6-7-17-14)15(20)19-16-18-12-5-4-11(25(2,21)22)9-13(12)24-16/h4-9H,3H2,1-2H3,(H,18,19,20).